The summed E-state index contributed by atoms with van der Waals surface area (Å²) in [7, 11) is 0. The van der Waals surface area contributed by atoms with Crippen LogP contribution < -0.4 is 4.74 Å². The molecule has 2 rings (SSSR count). The van der Waals surface area contributed by atoms with Crippen molar-refractivity contribution in [3.05, 3.63) is 41.8 Å². The SMILES string of the molecule is CCCOc1ccc(-c2ncncc2Cl)cc1. The minimum absolute atomic E-state index is 0.551. The van der Waals surface area contributed by atoms with E-state index in [0.717, 1.165) is 30.0 Å². The van der Waals surface area contributed by atoms with Gasteiger partial charge in [0.2, 0.25) is 0 Å². The summed E-state index contributed by atoms with van der Waals surface area (Å²) in [6.45, 7) is 2.81. The van der Waals surface area contributed by atoms with E-state index in [1.54, 1.807) is 6.20 Å². The predicted molar refractivity (Wildman–Crippen MR) is 68.3 cm³/mol. The van der Waals surface area contributed by atoms with Gasteiger partial charge in [-0.2, -0.15) is 0 Å². The van der Waals surface area contributed by atoms with Gasteiger partial charge in [0.1, 0.15) is 12.1 Å². The minimum atomic E-state index is 0.551. The van der Waals surface area contributed by atoms with Crippen LogP contribution in [0.4, 0.5) is 0 Å². The van der Waals surface area contributed by atoms with E-state index in [9.17, 15) is 0 Å². The third kappa shape index (κ3) is 2.94. The molecule has 0 saturated carbocycles. The maximum absolute atomic E-state index is 6.03. The lowest BCUT2D eigenvalue weighted by Crippen LogP contribution is -1.94. The lowest BCUT2D eigenvalue weighted by Gasteiger charge is -2.06. The molecule has 0 bridgehead atoms. The molecule has 0 N–H and O–H groups in total. The Morgan fingerprint density at radius 3 is 2.65 bits per heavy atom. The molecule has 0 spiro atoms. The second-order valence-electron chi connectivity index (χ2n) is 3.59. The summed E-state index contributed by atoms with van der Waals surface area (Å²) in [6.07, 6.45) is 4.08. The number of nitrogens with zero attached hydrogens (tertiary/aromatic N) is 2. The summed E-state index contributed by atoms with van der Waals surface area (Å²) in [5.41, 5.74) is 1.70. The monoisotopic (exact) mass is 248 g/mol. The highest BCUT2D eigenvalue weighted by atomic mass is 35.5. The van der Waals surface area contributed by atoms with E-state index in [1.807, 2.05) is 24.3 Å². The second-order valence-corrected chi connectivity index (χ2v) is 4.00. The summed E-state index contributed by atoms with van der Waals surface area (Å²) in [5.74, 6) is 0.862. The first-order chi connectivity index (χ1) is 8.31. The molecule has 0 aliphatic carbocycles. The molecule has 1 heterocycles. The van der Waals surface area contributed by atoms with E-state index in [0.29, 0.717) is 5.02 Å². The third-order valence-corrected chi connectivity index (χ3v) is 2.54. The van der Waals surface area contributed by atoms with Crippen molar-refractivity contribution in [2.75, 3.05) is 6.61 Å². The Morgan fingerprint density at radius 1 is 1.24 bits per heavy atom. The molecule has 0 saturated heterocycles. The normalized spacial score (nSPS) is 10.2. The van der Waals surface area contributed by atoms with Gasteiger partial charge in [-0.15, -0.1) is 0 Å². The molecule has 3 nitrogen and oxygen atoms in total. The van der Waals surface area contributed by atoms with E-state index < -0.39 is 0 Å². The molecule has 4 heteroatoms. The van der Waals surface area contributed by atoms with Crippen LogP contribution in [0.5, 0.6) is 5.75 Å². The Bertz CT molecular complexity index is 485. The number of benzene rings is 1. The molecule has 88 valence electrons. The average molecular weight is 249 g/mol. The van der Waals surface area contributed by atoms with Crippen LogP contribution in [-0.4, -0.2) is 16.6 Å². The van der Waals surface area contributed by atoms with Gasteiger partial charge in [-0.25, -0.2) is 9.97 Å². The molecule has 0 radical (unpaired) electrons. The zero-order valence-electron chi connectivity index (χ0n) is 9.56. The van der Waals surface area contributed by atoms with Gasteiger partial charge in [0.05, 0.1) is 17.3 Å². The summed E-state index contributed by atoms with van der Waals surface area (Å²) in [6, 6.07) is 7.73. The molecular formula is C13H13ClN2O. The van der Waals surface area contributed by atoms with Crippen LogP contribution in [0, 0.1) is 0 Å². The van der Waals surface area contributed by atoms with Crippen molar-refractivity contribution in [2.24, 2.45) is 0 Å². The fourth-order valence-electron chi connectivity index (χ4n) is 1.45. The lowest BCUT2D eigenvalue weighted by molar-refractivity contribution is 0.317. The van der Waals surface area contributed by atoms with Gasteiger partial charge in [0.15, 0.2) is 0 Å². The summed E-state index contributed by atoms with van der Waals surface area (Å²) in [5, 5.41) is 0.551. The molecule has 2 aromatic rings. The zero-order valence-corrected chi connectivity index (χ0v) is 10.3. The van der Waals surface area contributed by atoms with Gasteiger partial charge in [-0.3, -0.25) is 0 Å². The van der Waals surface area contributed by atoms with Gasteiger partial charge >= 0.3 is 0 Å². The molecule has 1 aromatic carbocycles. The first kappa shape index (κ1) is 11.9. The van der Waals surface area contributed by atoms with Crippen LogP contribution in [0.15, 0.2) is 36.8 Å². The van der Waals surface area contributed by atoms with Crippen LogP contribution >= 0.6 is 11.6 Å². The minimum Gasteiger partial charge on any atom is -0.494 e. The maximum Gasteiger partial charge on any atom is 0.119 e. The number of hydrogen-bond donors (Lipinski definition) is 0. The quantitative estimate of drug-likeness (QED) is 0.830. The van der Waals surface area contributed by atoms with Crippen LogP contribution in [0.25, 0.3) is 11.3 Å². The van der Waals surface area contributed by atoms with E-state index in [4.69, 9.17) is 16.3 Å². The van der Waals surface area contributed by atoms with Crippen LogP contribution in [-0.2, 0) is 0 Å². The van der Waals surface area contributed by atoms with Crippen molar-refractivity contribution in [2.45, 2.75) is 13.3 Å². The summed E-state index contributed by atoms with van der Waals surface area (Å²) >= 11 is 6.03. The highest BCUT2D eigenvalue weighted by Crippen LogP contribution is 2.26. The molecule has 0 aliphatic heterocycles. The van der Waals surface area contributed by atoms with Crippen molar-refractivity contribution in [3.63, 3.8) is 0 Å². The molecular weight excluding hydrogens is 236 g/mol. The molecule has 0 fully saturated rings. The third-order valence-electron chi connectivity index (χ3n) is 2.27. The molecule has 17 heavy (non-hydrogen) atoms. The summed E-state index contributed by atoms with van der Waals surface area (Å²) in [4.78, 5) is 8.02. The first-order valence-corrected chi connectivity index (χ1v) is 5.88. The van der Waals surface area contributed by atoms with Crippen molar-refractivity contribution < 1.29 is 4.74 Å². The molecule has 0 atom stereocenters. The highest BCUT2D eigenvalue weighted by molar-refractivity contribution is 6.32. The number of aromatic nitrogens is 2. The van der Waals surface area contributed by atoms with Crippen molar-refractivity contribution in [1.29, 1.82) is 0 Å². The Labute approximate surface area is 105 Å². The fourth-order valence-corrected chi connectivity index (χ4v) is 1.67. The van der Waals surface area contributed by atoms with Crippen molar-refractivity contribution in [3.8, 4) is 17.0 Å². The largest absolute Gasteiger partial charge is 0.494 e. The second kappa shape index (κ2) is 5.64. The number of hydrogen-bond acceptors (Lipinski definition) is 3. The molecule has 0 amide bonds. The van der Waals surface area contributed by atoms with E-state index in [1.165, 1.54) is 6.33 Å². The van der Waals surface area contributed by atoms with E-state index in [2.05, 4.69) is 16.9 Å². The van der Waals surface area contributed by atoms with Gasteiger partial charge in [0.25, 0.3) is 0 Å². The Kier molecular flexibility index (Phi) is 3.94. The average Bonchev–Trinajstić information content (AvgIpc) is 2.38. The van der Waals surface area contributed by atoms with E-state index >= 15 is 0 Å². The predicted octanol–water partition coefficient (Wildman–Crippen LogP) is 3.59. The van der Waals surface area contributed by atoms with Gasteiger partial charge in [-0.1, -0.05) is 18.5 Å². The van der Waals surface area contributed by atoms with E-state index in [-0.39, 0.29) is 0 Å². The van der Waals surface area contributed by atoms with Crippen LogP contribution in [0.3, 0.4) is 0 Å². The van der Waals surface area contributed by atoms with Crippen molar-refractivity contribution >= 4 is 11.6 Å². The smallest absolute Gasteiger partial charge is 0.119 e. The Morgan fingerprint density at radius 2 is 2.00 bits per heavy atom. The topological polar surface area (TPSA) is 35.0 Å². The maximum atomic E-state index is 6.03. The molecule has 0 unspecified atom stereocenters. The lowest BCUT2D eigenvalue weighted by atomic mass is 10.1. The fraction of sp³-hybridized carbons (Fsp3) is 0.231. The number of halogens is 1. The Balaban J connectivity index is 2.21. The first-order valence-electron chi connectivity index (χ1n) is 5.50. The number of ether oxygens (including phenoxy) is 1. The van der Waals surface area contributed by atoms with Gasteiger partial charge in [0, 0.05) is 11.8 Å². The molecule has 1 aromatic heterocycles. The highest BCUT2D eigenvalue weighted by Gasteiger charge is 2.04. The summed E-state index contributed by atoms with van der Waals surface area (Å²) < 4.78 is 5.51. The zero-order chi connectivity index (χ0) is 12.1. The van der Waals surface area contributed by atoms with Gasteiger partial charge < -0.3 is 4.74 Å². The Hall–Kier alpha value is -1.61. The number of rotatable bonds is 4. The van der Waals surface area contributed by atoms with Gasteiger partial charge in [-0.05, 0) is 30.7 Å². The van der Waals surface area contributed by atoms with Crippen molar-refractivity contribution in [1.82, 2.24) is 9.97 Å². The standard InChI is InChI=1S/C13H13ClN2O/c1-2-7-17-11-5-3-10(4-6-11)13-12(14)8-15-9-16-13/h3-6,8-9H,2,7H2,1H3. The molecule has 0 aliphatic rings. The van der Waals surface area contributed by atoms with Crippen LogP contribution in [0.2, 0.25) is 5.02 Å². The van der Waals surface area contributed by atoms with Crippen LogP contribution in [0.1, 0.15) is 13.3 Å².